The van der Waals surface area contributed by atoms with E-state index >= 15 is 0 Å². The van der Waals surface area contributed by atoms with Crippen LogP contribution >= 0.6 is 0 Å². The molecule has 1 aliphatic heterocycles. The van der Waals surface area contributed by atoms with Gasteiger partial charge in [0.2, 0.25) is 0 Å². The number of phenols is 1. The third-order valence-corrected chi connectivity index (χ3v) is 4.75. The molecule has 1 heterocycles. The number of rotatable bonds is 3. The number of benzene rings is 1. The van der Waals surface area contributed by atoms with Gasteiger partial charge in [0.25, 0.3) is 0 Å². The maximum atomic E-state index is 10.5. The fraction of sp³-hybridized carbons (Fsp3) is 0.400. The van der Waals surface area contributed by atoms with E-state index in [4.69, 9.17) is 4.74 Å². The minimum atomic E-state index is 0.203. The number of hydrogen-bond donors (Lipinski definition) is 1. The molecule has 1 aliphatic carbocycles. The van der Waals surface area contributed by atoms with Crippen LogP contribution in [-0.4, -0.2) is 5.11 Å². The molecule has 0 amide bonds. The summed E-state index contributed by atoms with van der Waals surface area (Å²) in [5, 5.41) is 10.5. The molecule has 2 aliphatic rings. The lowest BCUT2D eigenvalue weighted by Gasteiger charge is -2.37. The van der Waals surface area contributed by atoms with Crippen LogP contribution in [0.2, 0.25) is 0 Å². The Morgan fingerprint density at radius 2 is 2.23 bits per heavy atom. The van der Waals surface area contributed by atoms with Crippen LogP contribution in [0.3, 0.4) is 0 Å². The predicted octanol–water partition coefficient (Wildman–Crippen LogP) is 5.25. The first-order chi connectivity index (χ1) is 10.6. The number of fused-ring (bicyclic) bond motifs is 3. The Balaban J connectivity index is 1.99. The van der Waals surface area contributed by atoms with Crippen molar-refractivity contribution in [1.29, 1.82) is 0 Å². The molecule has 2 atom stereocenters. The van der Waals surface area contributed by atoms with Gasteiger partial charge in [0.15, 0.2) is 0 Å². The Kier molecular flexibility index (Phi) is 4.10. The van der Waals surface area contributed by atoms with E-state index in [2.05, 4.69) is 37.8 Å². The van der Waals surface area contributed by atoms with E-state index in [1.807, 2.05) is 13.0 Å². The van der Waals surface area contributed by atoms with E-state index in [1.54, 1.807) is 0 Å². The number of phenolic OH excluding ortho intramolecular Hbond substituents is 1. The van der Waals surface area contributed by atoms with Gasteiger partial charge >= 0.3 is 0 Å². The Hall–Kier alpha value is -1.96. The molecule has 0 unspecified atom stereocenters. The molecule has 0 bridgehead atoms. The summed E-state index contributed by atoms with van der Waals surface area (Å²) in [4.78, 5) is 0. The van der Waals surface area contributed by atoms with Crippen LogP contribution in [0.1, 0.15) is 50.2 Å². The van der Waals surface area contributed by atoms with Crippen molar-refractivity contribution in [2.75, 3.05) is 0 Å². The minimum Gasteiger partial charge on any atom is -0.507 e. The van der Waals surface area contributed by atoms with Gasteiger partial charge in [-0.25, -0.2) is 0 Å². The highest BCUT2D eigenvalue weighted by Gasteiger charge is 2.36. The van der Waals surface area contributed by atoms with E-state index in [1.165, 1.54) is 5.57 Å². The molecule has 2 heteroatoms. The number of allylic oxidation sites excluding steroid dienone is 5. The van der Waals surface area contributed by atoms with Gasteiger partial charge in [0.1, 0.15) is 17.3 Å². The lowest BCUT2D eigenvalue weighted by atomic mass is 9.74. The van der Waals surface area contributed by atoms with Gasteiger partial charge in [0, 0.05) is 17.4 Å². The SMILES string of the molecule is C=C1Oc2cc(CC/C=C/C)cc(O)c2[C@@H]2C=C(C)CC[C@@H]12. The molecule has 116 valence electrons. The van der Waals surface area contributed by atoms with Gasteiger partial charge in [-0.3, -0.25) is 0 Å². The van der Waals surface area contributed by atoms with Gasteiger partial charge in [-0.05, 0) is 57.2 Å². The molecule has 1 N–H and O–H groups in total. The number of aromatic hydroxyl groups is 1. The Morgan fingerprint density at radius 1 is 1.41 bits per heavy atom. The molecule has 22 heavy (non-hydrogen) atoms. The average molecular weight is 296 g/mol. The average Bonchev–Trinajstić information content (AvgIpc) is 2.46. The van der Waals surface area contributed by atoms with Crippen molar-refractivity contribution in [3.05, 3.63) is 59.4 Å². The van der Waals surface area contributed by atoms with Crippen molar-refractivity contribution in [2.45, 2.75) is 45.4 Å². The first-order valence-electron chi connectivity index (χ1n) is 8.11. The lowest BCUT2D eigenvalue weighted by molar-refractivity contribution is 0.275. The minimum absolute atomic E-state index is 0.203. The van der Waals surface area contributed by atoms with Crippen molar-refractivity contribution < 1.29 is 9.84 Å². The first kappa shape index (κ1) is 15.0. The predicted molar refractivity (Wildman–Crippen MR) is 90.2 cm³/mol. The lowest BCUT2D eigenvalue weighted by Crippen LogP contribution is -2.25. The zero-order chi connectivity index (χ0) is 15.7. The van der Waals surface area contributed by atoms with Crippen molar-refractivity contribution in [3.63, 3.8) is 0 Å². The zero-order valence-corrected chi connectivity index (χ0v) is 13.4. The molecule has 0 aromatic heterocycles. The Labute approximate surface area is 132 Å². The van der Waals surface area contributed by atoms with Gasteiger partial charge < -0.3 is 9.84 Å². The van der Waals surface area contributed by atoms with E-state index in [0.29, 0.717) is 5.75 Å². The molecule has 3 rings (SSSR count). The van der Waals surface area contributed by atoms with Crippen LogP contribution < -0.4 is 4.74 Å². The van der Waals surface area contributed by atoms with E-state index in [0.717, 1.165) is 48.3 Å². The second-order valence-electron chi connectivity index (χ2n) is 6.39. The summed E-state index contributed by atoms with van der Waals surface area (Å²) in [6.45, 7) is 8.30. The Morgan fingerprint density at radius 3 is 3.00 bits per heavy atom. The molecule has 0 fully saturated rings. The van der Waals surface area contributed by atoms with E-state index in [9.17, 15) is 5.11 Å². The highest BCUT2D eigenvalue weighted by atomic mass is 16.5. The Bertz CT molecular complexity index is 652. The van der Waals surface area contributed by atoms with Crippen molar-refractivity contribution in [3.8, 4) is 11.5 Å². The summed E-state index contributed by atoms with van der Waals surface area (Å²) < 4.78 is 5.96. The van der Waals surface area contributed by atoms with Crippen molar-refractivity contribution in [2.24, 2.45) is 5.92 Å². The molecule has 1 aromatic rings. The quantitative estimate of drug-likeness (QED) is 0.772. The third kappa shape index (κ3) is 2.70. The molecule has 0 saturated carbocycles. The van der Waals surface area contributed by atoms with E-state index in [-0.39, 0.29) is 11.8 Å². The van der Waals surface area contributed by atoms with Gasteiger partial charge in [-0.15, -0.1) is 0 Å². The number of aryl methyl sites for hydroxylation is 1. The van der Waals surface area contributed by atoms with Gasteiger partial charge in [-0.2, -0.15) is 0 Å². The highest BCUT2D eigenvalue weighted by molar-refractivity contribution is 5.54. The topological polar surface area (TPSA) is 29.5 Å². The van der Waals surface area contributed by atoms with Crippen LogP contribution in [0.4, 0.5) is 0 Å². The molecule has 0 saturated heterocycles. The van der Waals surface area contributed by atoms with Crippen LogP contribution in [0.25, 0.3) is 0 Å². The molecular weight excluding hydrogens is 272 g/mol. The molecule has 0 spiro atoms. The summed E-state index contributed by atoms with van der Waals surface area (Å²) in [6, 6.07) is 3.96. The monoisotopic (exact) mass is 296 g/mol. The van der Waals surface area contributed by atoms with Gasteiger partial charge in [-0.1, -0.05) is 30.4 Å². The molecular formula is C20H24O2. The van der Waals surface area contributed by atoms with Crippen LogP contribution in [-0.2, 0) is 6.42 Å². The molecule has 2 nitrogen and oxygen atoms in total. The zero-order valence-electron chi connectivity index (χ0n) is 13.4. The summed E-state index contributed by atoms with van der Waals surface area (Å²) >= 11 is 0. The molecule has 1 aromatic carbocycles. The van der Waals surface area contributed by atoms with Crippen LogP contribution in [0.15, 0.2) is 48.3 Å². The third-order valence-electron chi connectivity index (χ3n) is 4.75. The maximum absolute atomic E-state index is 10.5. The van der Waals surface area contributed by atoms with E-state index < -0.39 is 0 Å². The van der Waals surface area contributed by atoms with Crippen LogP contribution in [0.5, 0.6) is 11.5 Å². The van der Waals surface area contributed by atoms with Crippen molar-refractivity contribution in [1.82, 2.24) is 0 Å². The second kappa shape index (κ2) is 6.04. The van der Waals surface area contributed by atoms with Gasteiger partial charge in [0.05, 0.1) is 0 Å². The summed E-state index contributed by atoms with van der Waals surface area (Å²) in [5.74, 6) is 2.48. The summed E-state index contributed by atoms with van der Waals surface area (Å²) in [5.41, 5.74) is 3.43. The molecule has 0 radical (unpaired) electrons. The first-order valence-corrected chi connectivity index (χ1v) is 8.11. The maximum Gasteiger partial charge on any atom is 0.134 e. The summed E-state index contributed by atoms with van der Waals surface area (Å²) in [7, 11) is 0. The second-order valence-corrected chi connectivity index (χ2v) is 6.39. The summed E-state index contributed by atoms with van der Waals surface area (Å²) in [6.07, 6.45) is 10.5. The highest BCUT2D eigenvalue weighted by Crippen LogP contribution is 2.51. The smallest absolute Gasteiger partial charge is 0.134 e. The number of ether oxygens (including phenoxy) is 1. The standard InChI is InChI=1S/C20H24O2/c1-4-5-6-7-15-11-18(21)20-17-10-13(2)8-9-16(17)14(3)22-19(20)12-15/h4-5,10-12,16-17,21H,3,6-9H2,1-2H3/b5-4+/t16-,17+/m0/s1. The van der Waals surface area contributed by atoms with Crippen LogP contribution in [0, 0.1) is 5.92 Å². The fourth-order valence-corrected chi connectivity index (χ4v) is 3.58. The fourth-order valence-electron chi connectivity index (χ4n) is 3.58. The largest absolute Gasteiger partial charge is 0.507 e. The van der Waals surface area contributed by atoms with Crippen molar-refractivity contribution >= 4 is 0 Å². The normalized spacial score (nSPS) is 23.7. The number of hydrogen-bond acceptors (Lipinski definition) is 2.